The Morgan fingerprint density at radius 2 is 1.91 bits per heavy atom. The minimum Gasteiger partial charge on any atom is -0.486 e. The number of aromatic nitrogens is 3. The van der Waals surface area contributed by atoms with Crippen LogP contribution >= 0.6 is 23.4 Å². The fourth-order valence-corrected chi connectivity index (χ4v) is 4.96. The maximum Gasteiger partial charge on any atom is 0.234 e. The molecule has 2 fully saturated rings. The molecule has 2 aromatic rings. The van der Waals surface area contributed by atoms with Gasteiger partial charge in [0.1, 0.15) is 13.2 Å². The average molecular weight is 496 g/mol. The monoisotopic (exact) mass is 495 g/mol. The van der Waals surface area contributed by atoms with Crippen molar-refractivity contribution in [1.82, 2.24) is 14.8 Å². The van der Waals surface area contributed by atoms with Crippen molar-refractivity contribution in [2.45, 2.75) is 30.6 Å². The molecule has 10 nitrogen and oxygen atoms in total. The number of carbonyl (C=O) groups excluding carboxylic acids is 1. The number of nitrogens with one attached hydrogen (secondary N) is 1. The quantitative estimate of drug-likeness (QED) is 0.580. The topological polar surface area (TPSA) is 100.0 Å². The minimum absolute atomic E-state index is 0.130. The zero-order chi connectivity index (χ0) is 22.6. The highest BCUT2D eigenvalue weighted by Crippen LogP contribution is 2.38. The van der Waals surface area contributed by atoms with E-state index >= 15 is 0 Å². The molecular formula is C21H26ClN5O5S. The van der Waals surface area contributed by atoms with Gasteiger partial charge in [-0.25, -0.2) is 0 Å². The SMILES string of the molecule is O=C(CSc1nnc(N2CCOCC2)n1CC1CCCO1)Nc1cc2c(cc1Cl)OCCO2. The van der Waals surface area contributed by atoms with Crippen LogP contribution in [0.15, 0.2) is 17.3 Å². The van der Waals surface area contributed by atoms with Gasteiger partial charge in [-0.2, -0.15) is 0 Å². The third-order valence-electron chi connectivity index (χ3n) is 5.64. The van der Waals surface area contributed by atoms with Crippen LogP contribution in [-0.4, -0.2) is 78.7 Å². The van der Waals surface area contributed by atoms with E-state index in [1.165, 1.54) is 11.8 Å². The molecule has 0 spiro atoms. The van der Waals surface area contributed by atoms with Crippen LogP contribution in [0.4, 0.5) is 11.6 Å². The summed E-state index contributed by atoms with van der Waals surface area (Å²) < 4.78 is 24.5. The molecule has 12 heteroatoms. The van der Waals surface area contributed by atoms with Crippen molar-refractivity contribution in [3.8, 4) is 11.5 Å². The number of benzene rings is 1. The lowest BCUT2D eigenvalue weighted by atomic mass is 10.2. The van der Waals surface area contributed by atoms with Crippen molar-refractivity contribution in [3.63, 3.8) is 0 Å². The van der Waals surface area contributed by atoms with Gasteiger partial charge in [0.2, 0.25) is 11.9 Å². The molecule has 0 bridgehead atoms. The Morgan fingerprint density at radius 1 is 1.12 bits per heavy atom. The summed E-state index contributed by atoms with van der Waals surface area (Å²) in [5, 5.41) is 12.8. The number of amides is 1. The second-order valence-corrected chi connectivity index (χ2v) is 9.29. The molecule has 4 heterocycles. The summed E-state index contributed by atoms with van der Waals surface area (Å²) in [7, 11) is 0. The van der Waals surface area contributed by atoms with Crippen molar-refractivity contribution in [2.24, 2.45) is 0 Å². The average Bonchev–Trinajstić information content (AvgIpc) is 3.49. The number of ether oxygens (including phenoxy) is 4. The van der Waals surface area contributed by atoms with Gasteiger partial charge in [-0.15, -0.1) is 10.2 Å². The van der Waals surface area contributed by atoms with Gasteiger partial charge in [0, 0.05) is 31.8 Å². The van der Waals surface area contributed by atoms with Gasteiger partial charge in [-0.3, -0.25) is 9.36 Å². The highest BCUT2D eigenvalue weighted by molar-refractivity contribution is 7.99. The molecule has 3 aliphatic heterocycles. The Bertz CT molecular complexity index is 994. The van der Waals surface area contributed by atoms with Gasteiger partial charge in [-0.1, -0.05) is 23.4 Å². The molecule has 1 atom stereocenters. The first-order chi connectivity index (χ1) is 16.2. The molecule has 3 aliphatic rings. The highest BCUT2D eigenvalue weighted by Gasteiger charge is 2.25. The summed E-state index contributed by atoms with van der Waals surface area (Å²) in [6.07, 6.45) is 2.19. The first-order valence-corrected chi connectivity index (χ1v) is 12.4. The highest BCUT2D eigenvalue weighted by atomic mass is 35.5. The molecule has 1 unspecified atom stereocenters. The maximum atomic E-state index is 12.7. The smallest absolute Gasteiger partial charge is 0.234 e. The van der Waals surface area contributed by atoms with Crippen LogP contribution in [0.2, 0.25) is 5.02 Å². The summed E-state index contributed by atoms with van der Waals surface area (Å²) >= 11 is 7.66. The second-order valence-electron chi connectivity index (χ2n) is 7.94. The molecule has 2 saturated heterocycles. The third kappa shape index (κ3) is 5.32. The van der Waals surface area contributed by atoms with Crippen LogP contribution in [0.3, 0.4) is 0 Å². The zero-order valence-electron chi connectivity index (χ0n) is 18.1. The lowest BCUT2D eigenvalue weighted by Crippen LogP contribution is -2.38. The van der Waals surface area contributed by atoms with E-state index in [0.717, 1.165) is 38.5 Å². The number of carbonyl (C=O) groups is 1. The van der Waals surface area contributed by atoms with Crippen molar-refractivity contribution < 1.29 is 23.7 Å². The van der Waals surface area contributed by atoms with E-state index in [1.54, 1.807) is 12.1 Å². The van der Waals surface area contributed by atoms with Gasteiger partial charge < -0.3 is 29.2 Å². The number of hydrogen-bond donors (Lipinski definition) is 1. The molecule has 1 aromatic carbocycles. The predicted octanol–water partition coefficient (Wildman–Crippen LogP) is 2.45. The number of thioether (sulfide) groups is 1. The van der Waals surface area contributed by atoms with Crippen molar-refractivity contribution in [3.05, 3.63) is 17.2 Å². The Labute approximate surface area is 200 Å². The Balaban J connectivity index is 1.26. The minimum atomic E-state index is -0.196. The lowest BCUT2D eigenvalue weighted by molar-refractivity contribution is -0.113. The Kier molecular flexibility index (Phi) is 7.10. The molecule has 0 saturated carbocycles. The molecule has 0 aliphatic carbocycles. The Hall–Kier alpha value is -2.21. The Morgan fingerprint density at radius 3 is 2.67 bits per heavy atom. The van der Waals surface area contributed by atoms with Crippen molar-refractivity contribution in [1.29, 1.82) is 0 Å². The van der Waals surface area contributed by atoms with E-state index in [1.807, 2.05) is 0 Å². The number of fused-ring (bicyclic) bond motifs is 1. The molecule has 5 rings (SSSR count). The summed E-state index contributed by atoms with van der Waals surface area (Å²) in [4.78, 5) is 14.9. The van der Waals surface area contributed by atoms with E-state index in [2.05, 4.69) is 25.0 Å². The molecule has 33 heavy (non-hydrogen) atoms. The van der Waals surface area contributed by atoms with E-state index in [9.17, 15) is 4.79 Å². The zero-order valence-corrected chi connectivity index (χ0v) is 19.7. The number of nitrogens with zero attached hydrogens (tertiary/aromatic N) is 4. The molecule has 1 N–H and O–H groups in total. The molecule has 0 radical (unpaired) electrons. The summed E-state index contributed by atoms with van der Waals surface area (Å²) in [6, 6.07) is 3.35. The second kappa shape index (κ2) is 10.4. The fraction of sp³-hybridized carbons (Fsp3) is 0.571. The van der Waals surface area contributed by atoms with Crippen LogP contribution in [0.25, 0.3) is 0 Å². The van der Waals surface area contributed by atoms with E-state index < -0.39 is 0 Å². The van der Waals surface area contributed by atoms with E-state index in [0.29, 0.717) is 60.3 Å². The summed E-state index contributed by atoms with van der Waals surface area (Å²) in [5.41, 5.74) is 0.487. The lowest BCUT2D eigenvalue weighted by Gasteiger charge is -2.28. The standard InChI is InChI=1S/C21H26ClN5O5S/c22-15-10-17-18(32-9-8-31-17)11-16(15)23-19(28)13-33-21-25-24-20(26-3-6-29-7-4-26)27(21)12-14-2-1-5-30-14/h10-11,14H,1-9,12-13H2,(H,23,28). The van der Waals surface area contributed by atoms with E-state index in [-0.39, 0.29) is 17.8 Å². The number of hydrogen-bond acceptors (Lipinski definition) is 9. The van der Waals surface area contributed by atoms with Crippen molar-refractivity contribution in [2.75, 3.05) is 62.1 Å². The third-order valence-corrected chi connectivity index (χ3v) is 6.92. The van der Waals surface area contributed by atoms with Gasteiger partial charge in [0.25, 0.3) is 0 Å². The molecule has 1 aromatic heterocycles. The number of halogens is 1. The van der Waals surface area contributed by atoms with Gasteiger partial charge in [0.15, 0.2) is 16.7 Å². The van der Waals surface area contributed by atoms with Crippen molar-refractivity contribution >= 4 is 40.9 Å². The van der Waals surface area contributed by atoms with Gasteiger partial charge in [-0.05, 0) is 12.8 Å². The van der Waals surface area contributed by atoms with Gasteiger partial charge >= 0.3 is 0 Å². The number of anilines is 2. The van der Waals surface area contributed by atoms with Crippen LogP contribution in [-0.2, 0) is 20.8 Å². The van der Waals surface area contributed by atoms with Gasteiger partial charge in [0.05, 0.1) is 42.3 Å². The number of morpholine rings is 1. The molecule has 1 amide bonds. The first-order valence-electron chi connectivity index (χ1n) is 11.1. The summed E-state index contributed by atoms with van der Waals surface area (Å²) in [5.74, 6) is 1.92. The maximum absolute atomic E-state index is 12.7. The summed E-state index contributed by atoms with van der Waals surface area (Å²) in [6.45, 7) is 5.23. The largest absolute Gasteiger partial charge is 0.486 e. The number of rotatable bonds is 7. The fourth-order valence-electron chi connectivity index (χ4n) is 4.01. The van der Waals surface area contributed by atoms with Crippen LogP contribution in [0.5, 0.6) is 11.5 Å². The normalized spacial score (nSPS) is 20.2. The van der Waals surface area contributed by atoms with Crippen LogP contribution in [0, 0.1) is 0 Å². The molecular weight excluding hydrogens is 470 g/mol. The first kappa shape index (κ1) is 22.6. The van der Waals surface area contributed by atoms with Crippen LogP contribution < -0.4 is 19.7 Å². The predicted molar refractivity (Wildman–Crippen MR) is 124 cm³/mol. The van der Waals surface area contributed by atoms with Crippen LogP contribution in [0.1, 0.15) is 12.8 Å². The van der Waals surface area contributed by atoms with E-state index in [4.69, 9.17) is 30.5 Å². The molecule has 178 valence electrons.